The summed E-state index contributed by atoms with van der Waals surface area (Å²) < 4.78 is 44.0. The maximum Gasteiger partial charge on any atom is 0.416 e. The van der Waals surface area contributed by atoms with Crippen LogP contribution in [0.5, 0.6) is 5.75 Å². The first-order valence-corrected chi connectivity index (χ1v) is 7.30. The van der Waals surface area contributed by atoms with E-state index in [4.69, 9.17) is 9.84 Å². The van der Waals surface area contributed by atoms with E-state index < -0.39 is 17.7 Å². The first-order valence-electron chi connectivity index (χ1n) is 7.30. The summed E-state index contributed by atoms with van der Waals surface area (Å²) in [6, 6.07) is 3.48. The van der Waals surface area contributed by atoms with E-state index >= 15 is 0 Å². The Morgan fingerprint density at radius 1 is 1.45 bits per heavy atom. The van der Waals surface area contributed by atoms with Crippen molar-refractivity contribution in [2.75, 3.05) is 6.61 Å². The van der Waals surface area contributed by atoms with Crippen LogP contribution in [0.4, 0.5) is 13.2 Å². The van der Waals surface area contributed by atoms with Crippen LogP contribution in [0.1, 0.15) is 43.7 Å². The van der Waals surface area contributed by atoms with Crippen LogP contribution in [0, 0.1) is 11.8 Å². The summed E-state index contributed by atoms with van der Waals surface area (Å²) in [4.78, 5) is 10.9. The van der Waals surface area contributed by atoms with Gasteiger partial charge < -0.3 is 9.84 Å². The minimum absolute atomic E-state index is 0.0384. The normalized spacial score (nSPS) is 22.2. The van der Waals surface area contributed by atoms with Crippen molar-refractivity contribution in [3.63, 3.8) is 0 Å². The van der Waals surface area contributed by atoms with E-state index in [1.54, 1.807) is 6.92 Å². The van der Waals surface area contributed by atoms with E-state index in [-0.39, 0.29) is 17.8 Å². The van der Waals surface area contributed by atoms with Crippen molar-refractivity contribution in [1.29, 1.82) is 0 Å². The Kier molecular flexibility index (Phi) is 4.68. The van der Waals surface area contributed by atoms with Crippen molar-refractivity contribution in [1.82, 2.24) is 0 Å². The topological polar surface area (TPSA) is 46.5 Å². The number of rotatable bonds is 6. The Labute approximate surface area is 127 Å². The summed E-state index contributed by atoms with van der Waals surface area (Å²) in [5.74, 6) is -0.889. The van der Waals surface area contributed by atoms with E-state index in [0.717, 1.165) is 12.1 Å². The highest BCUT2D eigenvalue weighted by Gasteiger charge is 2.44. The number of carboxylic acids is 1. The monoisotopic (exact) mass is 316 g/mol. The number of halogens is 3. The zero-order valence-electron chi connectivity index (χ0n) is 12.5. The van der Waals surface area contributed by atoms with E-state index in [2.05, 4.69) is 0 Å². The van der Waals surface area contributed by atoms with E-state index in [9.17, 15) is 18.0 Å². The molecule has 3 nitrogen and oxygen atoms in total. The van der Waals surface area contributed by atoms with Gasteiger partial charge in [-0.15, -0.1) is 0 Å². The first-order chi connectivity index (χ1) is 10.2. The number of aliphatic carboxylic acids is 1. The second kappa shape index (κ2) is 6.18. The minimum Gasteiger partial charge on any atom is -0.494 e. The molecule has 0 spiro atoms. The molecule has 1 aliphatic carbocycles. The lowest BCUT2D eigenvalue weighted by molar-refractivity contribution is -0.139. The smallest absolute Gasteiger partial charge is 0.416 e. The molecule has 0 heterocycles. The Morgan fingerprint density at radius 3 is 2.64 bits per heavy atom. The average molecular weight is 316 g/mol. The Balaban J connectivity index is 2.20. The summed E-state index contributed by atoms with van der Waals surface area (Å²) in [5, 5.41) is 8.92. The fraction of sp³-hybridized carbons (Fsp3) is 0.562. The second-order valence-electron chi connectivity index (χ2n) is 5.76. The van der Waals surface area contributed by atoms with Crippen LogP contribution >= 0.6 is 0 Å². The van der Waals surface area contributed by atoms with Gasteiger partial charge in [-0.1, -0.05) is 6.92 Å². The molecule has 0 radical (unpaired) electrons. The molecular weight excluding hydrogens is 297 g/mol. The molecule has 1 aliphatic rings. The molecule has 1 saturated carbocycles. The van der Waals surface area contributed by atoms with Crippen LogP contribution in [-0.4, -0.2) is 17.7 Å². The molecule has 3 atom stereocenters. The van der Waals surface area contributed by atoms with Gasteiger partial charge >= 0.3 is 12.1 Å². The number of carbonyl (C=O) groups is 1. The van der Waals surface area contributed by atoms with Gasteiger partial charge in [0.2, 0.25) is 0 Å². The van der Waals surface area contributed by atoms with Crippen LogP contribution in [0.15, 0.2) is 18.2 Å². The van der Waals surface area contributed by atoms with Crippen LogP contribution in [-0.2, 0) is 11.0 Å². The number of alkyl halides is 3. The lowest BCUT2D eigenvalue weighted by Gasteiger charge is -2.18. The van der Waals surface area contributed by atoms with Gasteiger partial charge in [-0.25, -0.2) is 0 Å². The highest BCUT2D eigenvalue weighted by molar-refractivity contribution is 5.73. The number of carboxylic acid groups (broad SMARTS) is 1. The molecule has 1 N–H and O–H groups in total. The van der Waals surface area contributed by atoms with Crippen molar-refractivity contribution in [2.24, 2.45) is 11.8 Å². The molecule has 6 heteroatoms. The van der Waals surface area contributed by atoms with E-state index in [1.165, 1.54) is 6.07 Å². The highest BCUT2D eigenvalue weighted by atomic mass is 19.4. The molecule has 0 aromatic heterocycles. The van der Waals surface area contributed by atoms with Crippen molar-refractivity contribution in [3.8, 4) is 5.75 Å². The zero-order valence-corrected chi connectivity index (χ0v) is 12.5. The quantitative estimate of drug-likeness (QED) is 0.850. The highest BCUT2D eigenvalue weighted by Crippen LogP contribution is 2.46. The summed E-state index contributed by atoms with van der Waals surface area (Å²) in [7, 11) is 0. The van der Waals surface area contributed by atoms with Gasteiger partial charge in [0, 0.05) is 0 Å². The van der Waals surface area contributed by atoms with Gasteiger partial charge in [0.25, 0.3) is 0 Å². The molecule has 0 amide bonds. The van der Waals surface area contributed by atoms with Gasteiger partial charge in [0.05, 0.1) is 18.1 Å². The van der Waals surface area contributed by atoms with Gasteiger partial charge in [0.1, 0.15) is 5.75 Å². The van der Waals surface area contributed by atoms with Gasteiger partial charge in [0.15, 0.2) is 0 Å². The lowest BCUT2D eigenvalue weighted by atomic mass is 9.92. The Bertz CT molecular complexity index is 554. The Hall–Kier alpha value is -1.72. The van der Waals surface area contributed by atoms with Gasteiger partial charge in [-0.05, 0) is 55.4 Å². The summed E-state index contributed by atoms with van der Waals surface area (Å²) >= 11 is 0. The molecule has 1 fully saturated rings. The largest absolute Gasteiger partial charge is 0.494 e. The third-order valence-corrected chi connectivity index (χ3v) is 4.06. The fourth-order valence-electron chi connectivity index (χ4n) is 2.79. The fourth-order valence-corrected chi connectivity index (χ4v) is 2.79. The van der Waals surface area contributed by atoms with Gasteiger partial charge in [-0.2, -0.15) is 13.2 Å². The minimum atomic E-state index is -4.40. The summed E-state index contributed by atoms with van der Waals surface area (Å²) in [6.07, 6.45) is -3.25. The number of hydrogen-bond donors (Lipinski definition) is 1. The molecule has 0 saturated heterocycles. The molecule has 2 rings (SSSR count). The molecular formula is C16H19F3O3. The molecule has 0 aliphatic heterocycles. The standard InChI is InChI=1S/C16H19F3O3/c1-3-22-14-5-4-11(16(17,18)19)8-12(14)9(2)6-10-7-13(10)15(20)21/h4-5,8-10,13H,3,6-7H2,1-2H3,(H,20,21). The maximum absolute atomic E-state index is 12.9. The van der Waals surface area contributed by atoms with Crippen LogP contribution in [0.2, 0.25) is 0 Å². The predicted molar refractivity (Wildman–Crippen MR) is 74.9 cm³/mol. The van der Waals surface area contributed by atoms with Gasteiger partial charge in [-0.3, -0.25) is 4.79 Å². The van der Waals surface area contributed by atoms with Crippen LogP contribution in [0.3, 0.4) is 0 Å². The number of benzene rings is 1. The summed E-state index contributed by atoms with van der Waals surface area (Å²) in [6.45, 7) is 3.95. The van der Waals surface area contributed by atoms with Crippen molar-refractivity contribution in [2.45, 2.75) is 38.8 Å². The molecule has 0 bridgehead atoms. The molecule has 122 valence electrons. The third kappa shape index (κ3) is 3.72. The summed E-state index contributed by atoms with van der Waals surface area (Å²) in [5.41, 5.74) is -0.212. The van der Waals surface area contributed by atoms with E-state index in [1.807, 2.05) is 6.92 Å². The number of ether oxygens (including phenoxy) is 1. The van der Waals surface area contributed by atoms with Crippen LogP contribution < -0.4 is 4.74 Å². The SMILES string of the molecule is CCOc1ccc(C(F)(F)F)cc1C(C)CC1CC1C(=O)O. The zero-order chi connectivity index (χ0) is 16.5. The maximum atomic E-state index is 12.9. The first kappa shape index (κ1) is 16.6. The molecule has 1 aromatic rings. The van der Waals surface area contributed by atoms with Crippen molar-refractivity contribution < 1.29 is 27.8 Å². The van der Waals surface area contributed by atoms with Crippen molar-refractivity contribution >= 4 is 5.97 Å². The average Bonchev–Trinajstić information content (AvgIpc) is 3.17. The number of hydrogen-bond acceptors (Lipinski definition) is 2. The second-order valence-corrected chi connectivity index (χ2v) is 5.76. The third-order valence-electron chi connectivity index (χ3n) is 4.06. The lowest BCUT2D eigenvalue weighted by Crippen LogP contribution is -2.09. The predicted octanol–water partition coefficient (Wildman–Crippen LogP) is 4.32. The van der Waals surface area contributed by atoms with E-state index in [0.29, 0.717) is 30.8 Å². The van der Waals surface area contributed by atoms with Crippen LogP contribution in [0.25, 0.3) is 0 Å². The van der Waals surface area contributed by atoms with Crippen molar-refractivity contribution in [3.05, 3.63) is 29.3 Å². The molecule has 1 aromatic carbocycles. The molecule has 22 heavy (non-hydrogen) atoms. The molecule has 3 unspecified atom stereocenters. The Morgan fingerprint density at radius 2 is 2.14 bits per heavy atom.